The molecule has 1 saturated heterocycles. The van der Waals surface area contributed by atoms with Gasteiger partial charge in [0.25, 0.3) is 0 Å². The average molecular weight is 488 g/mol. The van der Waals surface area contributed by atoms with Gasteiger partial charge in [0.15, 0.2) is 0 Å². The maximum Gasteiger partial charge on any atom is 0.411 e. The molecule has 3 aromatic carbocycles. The van der Waals surface area contributed by atoms with E-state index in [9.17, 15) is 9.90 Å². The number of rotatable bonds is 9. The van der Waals surface area contributed by atoms with Crippen molar-refractivity contribution in [2.75, 3.05) is 13.2 Å². The summed E-state index contributed by atoms with van der Waals surface area (Å²) in [7, 11) is 0. The molecule has 5 nitrogen and oxygen atoms in total. The molecule has 3 aromatic rings. The molecule has 5 heteroatoms. The lowest BCUT2D eigenvalue weighted by Crippen LogP contribution is -2.51. The van der Waals surface area contributed by atoms with E-state index < -0.39 is 11.2 Å². The van der Waals surface area contributed by atoms with E-state index in [2.05, 4.69) is 43.3 Å². The first kappa shape index (κ1) is 25.8. The molecule has 2 atom stereocenters. The van der Waals surface area contributed by atoms with Crippen molar-refractivity contribution in [1.82, 2.24) is 4.90 Å². The van der Waals surface area contributed by atoms with E-state index in [1.54, 1.807) is 18.7 Å². The predicted octanol–water partition coefficient (Wildman–Crippen LogP) is 7.10. The largest absolute Gasteiger partial charge is 0.494 e. The zero-order valence-corrected chi connectivity index (χ0v) is 21.7. The van der Waals surface area contributed by atoms with Crippen LogP contribution in [0.2, 0.25) is 0 Å². The third kappa shape index (κ3) is 5.90. The molecule has 1 heterocycles. The van der Waals surface area contributed by atoms with E-state index in [0.717, 1.165) is 41.0 Å². The number of carbonyl (C=O) groups is 1. The van der Waals surface area contributed by atoms with Crippen LogP contribution in [0.4, 0.5) is 4.79 Å². The maximum absolute atomic E-state index is 13.3. The van der Waals surface area contributed by atoms with Gasteiger partial charge in [0, 0.05) is 19.4 Å². The van der Waals surface area contributed by atoms with Gasteiger partial charge < -0.3 is 19.5 Å². The summed E-state index contributed by atoms with van der Waals surface area (Å²) in [5.41, 5.74) is 2.39. The Balaban J connectivity index is 1.47. The van der Waals surface area contributed by atoms with E-state index >= 15 is 0 Å². The van der Waals surface area contributed by atoms with Crippen molar-refractivity contribution >= 4 is 6.09 Å². The van der Waals surface area contributed by atoms with Crippen molar-refractivity contribution in [3.63, 3.8) is 0 Å². The molecule has 0 unspecified atom stereocenters. The van der Waals surface area contributed by atoms with Gasteiger partial charge in [0.05, 0.1) is 18.2 Å². The minimum atomic E-state index is -0.972. The topological polar surface area (TPSA) is 59.0 Å². The highest BCUT2D eigenvalue weighted by molar-refractivity contribution is 5.70. The van der Waals surface area contributed by atoms with Crippen molar-refractivity contribution < 1.29 is 19.4 Å². The molecule has 0 aliphatic carbocycles. The van der Waals surface area contributed by atoms with Gasteiger partial charge >= 0.3 is 6.09 Å². The minimum absolute atomic E-state index is 0.132. The second-order valence-corrected chi connectivity index (χ2v) is 10.3. The molecule has 1 aliphatic rings. The van der Waals surface area contributed by atoms with Crippen LogP contribution in [0, 0.1) is 0 Å². The van der Waals surface area contributed by atoms with Crippen molar-refractivity contribution in [3.05, 3.63) is 90.0 Å². The molecule has 1 fully saturated rings. The Kier molecular flexibility index (Phi) is 7.70. The van der Waals surface area contributed by atoms with Crippen LogP contribution in [0.25, 0.3) is 11.1 Å². The summed E-state index contributed by atoms with van der Waals surface area (Å²) >= 11 is 0. The summed E-state index contributed by atoms with van der Waals surface area (Å²) in [4.78, 5) is 15.1. The molecule has 0 saturated carbocycles. The van der Waals surface area contributed by atoms with Crippen LogP contribution in [0.3, 0.4) is 0 Å². The summed E-state index contributed by atoms with van der Waals surface area (Å²) in [5, 5.41) is 10.6. The molecule has 0 radical (unpaired) electrons. The minimum Gasteiger partial charge on any atom is -0.494 e. The Bertz CT molecular complexity index is 1140. The Labute approximate surface area is 214 Å². The number of ether oxygens (including phenoxy) is 2. The molecule has 0 spiro atoms. The Morgan fingerprint density at radius 1 is 1.00 bits per heavy atom. The van der Waals surface area contributed by atoms with E-state index in [1.165, 1.54) is 0 Å². The van der Waals surface area contributed by atoms with Crippen LogP contribution in [0.1, 0.15) is 64.1 Å². The molecule has 1 amide bonds. The van der Waals surface area contributed by atoms with Gasteiger partial charge in [-0.1, -0.05) is 73.7 Å². The van der Waals surface area contributed by atoms with Gasteiger partial charge in [0.1, 0.15) is 11.4 Å². The second-order valence-electron chi connectivity index (χ2n) is 10.3. The van der Waals surface area contributed by atoms with Crippen molar-refractivity contribution in [2.45, 2.75) is 64.2 Å². The highest BCUT2D eigenvalue weighted by Crippen LogP contribution is 2.42. The summed E-state index contributed by atoms with van der Waals surface area (Å²) in [6, 6.07) is 26.1. The predicted molar refractivity (Wildman–Crippen MR) is 143 cm³/mol. The van der Waals surface area contributed by atoms with E-state index in [4.69, 9.17) is 9.47 Å². The van der Waals surface area contributed by atoms with Crippen LogP contribution in [0.5, 0.6) is 5.75 Å². The van der Waals surface area contributed by atoms with Gasteiger partial charge in [-0.05, 0) is 61.6 Å². The molecular weight excluding hydrogens is 450 g/mol. The van der Waals surface area contributed by atoms with E-state index in [1.807, 2.05) is 49.4 Å². The molecule has 4 rings (SSSR count). The van der Waals surface area contributed by atoms with E-state index in [-0.39, 0.29) is 12.1 Å². The van der Waals surface area contributed by atoms with Crippen LogP contribution < -0.4 is 4.74 Å². The molecule has 1 N–H and O–H groups in total. The zero-order valence-electron chi connectivity index (χ0n) is 21.7. The smallest absolute Gasteiger partial charge is 0.411 e. The summed E-state index contributed by atoms with van der Waals surface area (Å²) in [6.07, 6.45) is 1.59. The fourth-order valence-electron chi connectivity index (χ4n) is 4.99. The number of benzene rings is 3. The lowest BCUT2D eigenvalue weighted by atomic mass is 9.80. The van der Waals surface area contributed by atoms with Gasteiger partial charge in [-0.25, -0.2) is 4.79 Å². The number of hydrogen-bond acceptors (Lipinski definition) is 4. The lowest BCUT2D eigenvalue weighted by Gasteiger charge is -2.45. The SMILES string of the molecule is CCCOc1ccc(-c2ccc([C@H](C)N3CC[C@](CC(C)(C)O)(c4ccccc4)OC3=O)cc2)cc1. The number of hydrogen-bond donors (Lipinski definition) is 1. The Hall–Kier alpha value is -3.31. The normalized spacial score (nSPS) is 19.0. The Morgan fingerprint density at radius 2 is 1.61 bits per heavy atom. The molecule has 36 heavy (non-hydrogen) atoms. The van der Waals surface area contributed by atoms with Crippen LogP contribution in [-0.4, -0.2) is 34.9 Å². The lowest BCUT2D eigenvalue weighted by molar-refractivity contribution is -0.101. The summed E-state index contributed by atoms with van der Waals surface area (Å²) < 4.78 is 11.8. The number of carbonyl (C=O) groups excluding carboxylic acids is 1. The quantitative estimate of drug-likeness (QED) is 0.350. The van der Waals surface area contributed by atoms with Crippen LogP contribution in [-0.2, 0) is 10.3 Å². The summed E-state index contributed by atoms with van der Waals surface area (Å²) in [5.74, 6) is 0.880. The van der Waals surface area contributed by atoms with Crippen molar-refractivity contribution in [2.24, 2.45) is 0 Å². The van der Waals surface area contributed by atoms with Gasteiger partial charge in [0.2, 0.25) is 0 Å². The van der Waals surface area contributed by atoms with Gasteiger partial charge in [-0.3, -0.25) is 0 Å². The first-order valence-electron chi connectivity index (χ1n) is 12.8. The van der Waals surface area contributed by atoms with E-state index in [0.29, 0.717) is 19.4 Å². The molecule has 0 bridgehead atoms. The van der Waals surface area contributed by atoms with Crippen LogP contribution >= 0.6 is 0 Å². The number of nitrogens with zero attached hydrogens (tertiary/aromatic N) is 1. The molecule has 0 aromatic heterocycles. The van der Waals surface area contributed by atoms with Gasteiger partial charge in [-0.15, -0.1) is 0 Å². The standard InChI is InChI=1S/C31H37NO4/c1-5-21-35-28-17-15-26(16-18-28)25-13-11-24(12-14-25)23(2)32-20-19-31(36-29(32)33,22-30(3,4)34)27-9-7-6-8-10-27/h6-18,23,34H,5,19-22H2,1-4H3/t23-,31-/m0/s1. The fraction of sp³-hybridized carbons (Fsp3) is 0.387. The van der Waals surface area contributed by atoms with Crippen LogP contribution in [0.15, 0.2) is 78.9 Å². The average Bonchev–Trinajstić information content (AvgIpc) is 2.87. The van der Waals surface area contributed by atoms with Gasteiger partial charge in [-0.2, -0.15) is 0 Å². The zero-order chi connectivity index (χ0) is 25.8. The fourth-order valence-corrected chi connectivity index (χ4v) is 4.99. The first-order chi connectivity index (χ1) is 17.2. The third-order valence-corrected chi connectivity index (χ3v) is 6.81. The number of aliphatic hydroxyl groups is 1. The highest BCUT2D eigenvalue weighted by atomic mass is 16.6. The highest BCUT2D eigenvalue weighted by Gasteiger charge is 2.46. The number of amides is 1. The Morgan fingerprint density at radius 3 is 2.17 bits per heavy atom. The first-order valence-corrected chi connectivity index (χ1v) is 12.8. The second kappa shape index (κ2) is 10.8. The molecular formula is C31H37NO4. The monoisotopic (exact) mass is 487 g/mol. The van der Waals surface area contributed by atoms with Crippen molar-refractivity contribution in [3.8, 4) is 16.9 Å². The summed E-state index contributed by atoms with van der Waals surface area (Å²) in [6.45, 7) is 8.90. The molecule has 190 valence electrons. The third-order valence-electron chi connectivity index (χ3n) is 6.81. The number of cyclic esters (lactones) is 1. The van der Waals surface area contributed by atoms with Crippen molar-refractivity contribution in [1.29, 1.82) is 0 Å². The maximum atomic E-state index is 13.3. The molecule has 1 aliphatic heterocycles.